The van der Waals surface area contributed by atoms with Crippen LogP contribution in [0.15, 0.2) is 23.1 Å². The molecule has 1 fully saturated rings. The molecule has 104 valence electrons. The summed E-state index contributed by atoms with van der Waals surface area (Å²) in [6.45, 7) is 0.722. The monoisotopic (exact) mass is 279 g/mol. The van der Waals surface area contributed by atoms with E-state index in [0.29, 0.717) is 12.6 Å². The van der Waals surface area contributed by atoms with Crippen LogP contribution in [0.25, 0.3) is 0 Å². The van der Waals surface area contributed by atoms with Crippen molar-refractivity contribution in [3.05, 3.63) is 23.8 Å². The average molecular weight is 279 g/mol. The van der Waals surface area contributed by atoms with E-state index in [1.807, 2.05) is 24.5 Å². The fraction of sp³-hybridized carbons (Fsp3) is 0.500. The zero-order valence-corrected chi connectivity index (χ0v) is 12.0. The highest BCUT2D eigenvalue weighted by Crippen LogP contribution is 2.34. The Morgan fingerprint density at radius 2 is 2.26 bits per heavy atom. The summed E-state index contributed by atoms with van der Waals surface area (Å²) in [5.74, 6) is 0.0993. The molecule has 0 saturated heterocycles. The van der Waals surface area contributed by atoms with Gasteiger partial charge >= 0.3 is 0 Å². The smallest absolute Gasteiger partial charge is 0.126 e. The van der Waals surface area contributed by atoms with E-state index in [9.17, 15) is 5.11 Å². The zero-order chi connectivity index (χ0) is 13.8. The van der Waals surface area contributed by atoms with E-state index in [2.05, 4.69) is 4.90 Å². The van der Waals surface area contributed by atoms with Gasteiger partial charge in [-0.15, -0.1) is 11.8 Å². The topological polar surface area (TPSA) is 73.3 Å². The van der Waals surface area contributed by atoms with Crippen LogP contribution in [0.1, 0.15) is 24.8 Å². The molecule has 4 N–H and O–H groups in total. The van der Waals surface area contributed by atoms with Crippen LogP contribution in [0.4, 0.5) is 5.69 Å². The molecule has 0 aromatic heterocycles. The summed E-state index contributed by atoms with van der Waals surface area (Å²) >= 11 is 1.60. The van der Waals surface area contributed by atoms with Gasteiger partial charge in [0.15, 0.2) is 0 Å². The van der Waals surface area contributed by atoms with E-state index in [1.165, 1.54) is 6.42 Å². The van der Waals surface area contributed by atoms with Crippen molar-refractivity contribution in [3.63, 3.8) is 0 Å². The van der Waals surface area contributed by atoms with Crippen LogP contribution in [0.5, 0.6) is 0 Å². The van der Waals surface area contributed by atoms with Crippen molar-refractivity contribution in [3.8, 4) is 0 Å². The summed E-state index contributed by atoms with van der Waals surface area (Å²) < 4.78 is 0. The van der Waals surface area contributed by atoms with Gasteiger partial charge in [0, 0.05) is 23.2 Å². The van der Waals surface area contributed by atoms with Crippen LogP contribution >= 0.6 is 11.8 Å². The second kappa shape index (κ2) is 6.30. The third-order valence-electron chi connectivity index (χ3n) is 3.66. The maximum absolute atomic E-state index is 9.29. The van der Waals surface area contributed by atoms with E-state index in [-0.39, 0.29) is 12.4 Å². The summed E-state index contributed by atoms with van der Waals surface area (Å²) in [5.41, 5.74) is 7.55. The van der Waals surface area contributed by atoms with Crippen molar-refractivity contribution in [2.45, 2.75) is 30.2 Å². The Morgan fingerprint density at radius 1 is 1.53 bits per heavy atom. The Morgan fingerprint density at radius 3 is 2.74 bits per heavy atom. The van der Waals surface area contributed by atoms with Crippen LogP contribution in [-0.4, -0.2) is 36.4 Å². The number of benzene rings is 1. The van der Waals surface area contributed by atoms with Gasteiger partial charge in [0.1, 0.15) is 5.84 Å². The lowest BCUT2D eigenvalue weighted by Crippen LogP contribution is -2.43. The molecule has 0 heterocycles. The molecule has 5 heteroatoms. The lowest BCUT2D eigenvalue weighted by Gasteiger charge is -2.40. The van der Waals surface area contributed by atoms with E-state index in [0.717, 1.165) is 29.0 Å². The van der Waals surface area contributed by atoms with Gasteiger partial charge in [0.05, 0.1) is 12.2 Å². The fourth-order valence-electron chi connectivity index (χ4n) is 2.51. The highest BCUT2D eigenvalue weighted by Gasteiger charge is 2.27. The number of amidine groups is 1. The number of aliphatic hydroxyl groups excluding tert-OH is 1. The first kappa shape index (κ1) is 14.2. The molecule has 0 aliphatic heterocycles. The molecule has 0 atom stereocenters. The molecule has 0 spiro atoms. The minimum absolute atomic E-state index is 0.0993. The van der Waals surface area contributed by atoms with Crippen LogP contribution < -0.4 is 10.6 Å². The van der Waals surface area contributed by atoms with Gasteiger partial charge in [0.2, 0.25) is 0 Å². The van der Waals surface area contributed by atoms with Crippen LogP contribution in [0.2, 0.25) is 0 Å². The van der Waals surface area contributed by atoms with E-state index >= 15 is 0 Å². The Labute approximate surface area is 118 Å². The van der Waals surface area contributed by atoms with Crippen LogP contribution in [-0.2, 0) is 0 Å². The molecule has 1 aliphatic carbocycles. The summed E-state index contributed by atoms with van der Waals surface area (Å²) in [6.07, 6.45) is 5.54. The van der Waals surface area contributed by atoms with Crippen molar-refractivity contribution >= 4 is 23.3 Å². The molecule has 1 aromatic carbocycles. The van der Waals surface area contributed by atoms with Crippen molar-refractivity contribution in [1.29, 1.82) is 5.41 Å². The Balaban J connectivity index is 2.42. The molecule has 2 rings (SSSR count). The molecular weight excluding hydrogens is 258 g/mol. The molecular formula is C14H21N3OS. The number of hydrogen-bond donors (Lipinski definition) is 3. The highest BCUT2D eigenvalue weighted by molar-refractivity contribution is 7.98. The molecule has 1 aliphatic rings. The normalized spacial score (nSPS) is 15.1. The van der Waals surface area contributed by atoms with Crippen LogP contribution in [0, 0.1) is 5.41 Å². The largest absolute Gasteiger partial charge is 0.395 e. The number of anilines is 1. The van der Waals surface area contributed by atoms with Crippen molar-refractivity contribution in [1.82, 2.24) is 0 Å². The van der Waals surface area contributed by atoms with Gasteiger partial charge in [-0.25, -0.2) is 0 Å². The number of nitrogens with one attached hydrogen (secondary N) is 1. The summed E-state index contributed by atoms with van der Waals surface area (Å²) in [7, 11) is 0. The number of nitrogens with zero attached hydrogens (tertiary/aromatic N) is 1. The molecule has 1 aromatic rings. The standard InChI is InChI=1S/C14H21N3OS/c1-19-12-7-3-6-11(13(12)14(15)16)17(8-9-18)10-4-2-5-10/h3,6-7,10,18H,2,4-5,8-9H2,1H3,(H3,15,16). The quantitative estimate of drug-likeness (QED) is 0.423. The first-order valence-corrected chi connectivity index (χ1v) is 7.80. The lowest BCUT2D eigenvalue weighted by atomic mass is 9.90. The first-order valence-electron chi connectivity index (χ1n) is 6.58. The first-order chi connectivity index (χ1) is 9.19. The molecule has 0 bridgehead atoms. The third-order valence-corrected chi connectivity index (χ3v) is 4.44. The van der Waals surface area contributed by atoms with Gasteiger partial charge in [-0.1, -0.05) is 6.07 Å². The van der Waals surface area contributed by atoms with Gasteiger partial charge in [0.25, 0.3) is 0 Å². The molecule has 4 nitrogen and oxygen atoms in total. The number of thioether (sulfide) groups is 1. The lowest BCUT2D eigenvalue weighted by molar-refractivity contribution is 0.283. The Hall–Kier alpha value is -1.20. The minimum Gasteiger partial charge on any atom is -0.395 e. The highest BCUT2D eigenvalue weighted by atomic mass is 32.2. The predicted molar refractivity (Wildman–Crippen MR) is 81.3 cm³/mol. The van der Waals surface area contributed by atoms with Gasteiger partial charge < -0.3 is 15.7 Å². The van der Waals surface area contributed by atoms with Gasteiger partial charge in [-0.05, 0) is 37.7 Å². The number of rotatable bonds is 6. The SMILES string of the molecule is CSc1cccc(N(CCO)C2CCC2)c1C(=N)N. The summed E-state index contributed by atoms with van der Waals surface area (Å²) in [4.78, 5) is 3.23. The number of aliphatic hydroxyl groups is 1. The maximum Gasteiger partial charge on any atom is 0.126 e. The third kappa shape index (κ3) is 2.87. The minimum atomic E-state index is 0.0993. The molecule has 0 amide bonds. The molecule has 1 saturated carbocycles. The summed E-state index contributed by atoms with van der Waals surface area (Å²) in [5, 5.41) is 17.1. The second-order valence-corrected chi connectivity index (χ2v) is 5.62. The molecule has 0 unspecified atom stereocenters. The number of nitrogens with two attached hydrogens (primary N) is 1. The van der Waals surface area contributed by atoms with Crippen molar-refractivity contribution < 1.29 is 5.11 Å². The van der Waals surface area contributed by atoms with E-state index < -0.39 is 0 Å². The average Bonchev–Trinajstić information content (AvgIpc) is 2.35. The molecule has 19 heavy (non-hydrogen) atoms. The van der Waals surface area contributed by atoms with E-state index in [1.54, 1.807) is 11.8 Å². The van der Waals surface area contributed by atoms with Gasteiger partial charge in [-0.2, -0.15) is 0 Å². The predicted octanol–water partition coefficient (Wildman–Crippen LogP) is 2.04. The second-order valence-electron chi connectivity index (χ2n) is 4.77. The van der Waals surface area contributed by atoms with Crippen molar-refractivity contribution in [2.75, 3.05) is 24.3 Å². The molecule has 0 radical (unpaired) electrons. The van der Waals surface area contributed by atoms with Gasteiger partial charge in [-0.3, -0.25) is 5.41 Å². The maximum atomic E-state index is 9.29. The van der Waals surface area contributed by atoms with Crippen molar-refractivity contribution in [2.24, 2.45) is 5.73 Å². The van der Waals surface area contributed by atoms with Crippen LogP contribution in [0.3, 0.4) is 0 Å². The Bertz CT molecular complexity index is 460. The Kier molecular flexibility index (Phi) is 4.71. The van der Waals surface area contributed by atoms with E-state index in [4.69, 9.17) is 11.1 Å². The zero-order valence-electron chi connectivity index (χ0n) is 11.2. The fourth-order valence-corrected chi connectivity index (χ4v) is 3.14. The summed E-state index contributed by atoms with van der Waals surface area (Å²) in [6, 6.07) is 6.46. The number of hydrogen-bond acceptors (Lipinski definition) is 4. The number of nitrogen functional groups attached to an aromatic ring is 1.